The van der Waals surface area contributed by atoms with Crippen LogP contribution in [0.1, 0.15) is 33.6 Å². The fraction of sp³-hybridized carbons (Fsp3) is 0.750. The first kappa shape index (κ1) is 10.1. The van der Waals surface area contributed by atoms with Crippen molar-refractivity contribution in [2.75, 3.05) is 0 Å². The molecular formula is C8H15NO2. The third-order valence-corrected chi connectivity index (χ3v) is 1.51. The summed E-state index contributed by atoms with van der Waals surface area (Å²) in [5.41, 5.74) is 0. The summed E-state index contributed by atoms with van der Waals surface area (Å²) in [6.45, 7) is 5.82. The molecule has 11 heavy (non-hydrogen) atoms. The molecule has 0 radical (unpaired) electrons. The van der Waals surface area contributed by atoms with Crippen LogP contribution in [0.5, 0.6) is 0 Å². The molecule has 0 saturated carbocycles. The van der Waals surface area contributed by atoms with Crippen LogP contribution in [0.15, 0.2) is 0 Å². The van der Waals surface area contributed by atoms with Crippen LogP contribution in [-0.2, 0) is 9.59 Å². The topological polar surface area (TPSA) is 46.2 Å². The van der Waals surface area contributed by atoms with Crippen molar-refractivity contribution in [2.45, 2.75) is 33.6 Å². The molecule has 3 nitrogen and oxygen atoms in total. The summed E-state index contributed by atoms with van der Waals surface area (Å²) >= 11 is 0. The third-order valence-electron chi connectivity index (χ3n) is 1.51. The van der Waals surface area contributed by atoms with E-state index in [0.29, 0.717) is 12.8 Å². The molecule has 1 fully saturated rings. The largest absolute Gasteiger partial charge is 0.296 e. The molecule has 0 spiro atoms. The molecule has 1 N–H and O–H groups in total. The van der Waals surface area contributed by atoms with Crippen LogP contribution in [-0.4, -0.2) is 11.8 Å². The molecule has 1 rings (SSSR count). The molecule has 0 bridgehead atoms. The highest BCUT2D eigenvalue weighted by Crippen LogP contribution is 2.09. The van der Waals surface area contributed by atoms with Gasteiger partial charge < -0.3 is 0 Å². The standard InChI is InChI=1S/C6H9NO2.C2H6/c1-4-2-3-5(8)7-6(4)9;1-2/h4H,2-3H2,1H3,(H,7,8,9);1-2H3/t4-;/m0./s1. The summed E-state index contributed by atoms with van der Waals surface area (Å²) in [5, 5.41) is 2.25. The van der Waals surface area contributed by atoms with Crippen molar-refractivity contribution in [3.63, 3.8) is 0 Å². The van der Waals surface area contributed by atoms with Crippen LogP contribution < -0.4 is 5.32 Å². The lowest BCUT2D eigenvalue weighted by Crippen LogP contribution is -2.39. The lowest BCUT2D eigenvalue weighted by atomic mass is 10.0. The number of carbonyl (C=O) groups is 2. The van der Waals surface area contributed by atoms with E-state index in [1.807, 2.05) is 20.8 Å². The summed E-state index contributed by atoms with van der Waals surface area (Å²) in [7, 11) is 0. The predicted octanol–water partition coefficient (Wildman–Crippen LogP) is 1.09. The zero-order valence-electron chi connectivity index (χ0n) is 7.31. The van der Waals surface area contributed by atoms with Crippen LogP contribution in [0, 0.1) is 5.92 Å². The molecule has 1 heterocycles. The van der Waals surface area contributed by atoms with Crippen molar-refractivity contribution in [2.24, 2.45) is 5.92 Å². The highest BCUT2D eigenvalue weighted by Gasteiger charge is 2.21. The van der Waals surface area contributed by atoms with Crippen LogP contribution in [0.2, 0.25) is 0 Å². The van der Waals surface area contributed by atoms with Gasteiger partial charge in [-0.05, 0) is 6.42 Å². The molecule has 2 amide bonds. The van der Waals surface area contributed by atoms with Gasteiger partial charge in [0.2, 0.25) is 11.8 Å². The van der Waals surface area contributed by atoms with E-state index in [9.17, 15) is 9.59 Å². The Kier molecular flexibility index (Phi) is 4.50. The maximum absolute atomic E-state index is 10.7. The van der Waals surface area contributed by atoms with Crippen molar-refractivity contribution in [3.05, 3.63) is 0 Å². The quantitative estimate of drug-likeness (QED) is 0.535. The fourth-order valence-corrected chi connectivity index (χ4v) is 0.802. The molecule has 0 aromatic rings. The summed E-state index contributed by atoms with van der Waals surface area (Å²) in [4.78, 5) is 21.2. The van der Waals surface area contributed by atoms with Gasteiger partial charge in [0, 0.05) is 12.3 Å². The normalized spacial score (nSPS) is 23.4. The molecule has 0 unspecified atom stereocenters. The average molecular weight is 157 g/mol. The molecular weight excluding hydrogens is 142 g/mol. The lowest BCUT2D eigenvalue weighted by Gasteiger charge is -2.15. The second-order valence-electron chi connectivity index (χ2n) is 2.35. The minimum atomic E-state index is -0.141. The van der Waals surface area contributed by atoms with E-state index in [-0.39, 0.29) is 17.7 Å². The Bertz CT molecular complexity index is 154. The van der Waals surface area contributed by atoms with Crippen LogP contribution >= 0.6 is 0 Å². The number of imide groups is 1. The second-order valence-corrected chi connectivity index (χ2v) is 2.35. The van der Waals surface area contributed by atoms with E-state index in [2.05, 4.69) is 5.32 Å². The smallest absolute Gasteiger partial charge is 0.229 e. The van der Waals surface area contributed by atoms with Crippen molar-refractivity contribution in [3.8, 4) is 0 Å². The SMILES string of the molecule is CC.C[C@H]1CCC(=O)NC1=O. The molecule has 0 aliphatic carbocycles. The van der Waals surface area contributed by atoms with Crippen LogP contribution in [0.4, 0.5) is 0 Å². The molecule has 64 valence electrons. The van der Waals surface area contributed by atoms with Gasteiger partial charge in [0.1, 0.15) is 0 Å². The highest BCUT2D eigenvalue weighted by molar-refractivity contribution is 5.98. The van der Waals surface area contributed by atoms with E-state index in [0.717, 1.165) is 0 Å². The summed E-state index contributed by atoms with van der Waals surface area (Å²) in [6.07, 6.45) is 1.19. The first-order chi connectivity index (χ1) is 5.20. The zero-order chi connectivity index (χ0) is 8.85. The van der Waals surface area contributed by atoms with E-state index < -0.39 is 0 Å². The Balaban J connectivity index is 0.000000461. The highest BCUT2D eigenvalue weighted by atomic mass is 16.2. The Morgan fingerprint density at radius 2 is 1.91 bits per heavy atom. The maximum Gasteiger partial charge on any atom is 0.229 e. The molecule has 1 aliphatic heterocycles. The number of piperidine rings is 1. The summed E-state index contributed by atoms with van der Waals surface area (Å²) in [5.74, 6) is -0.257. The second kappa shape index (κ2) is 4.88. The fourth-order valence-electron chi connectivity index (χ4n) is 0.802. The van der Waals surface area contributed by atoms with Gasteiger partial charge >= 0.3 is 0 Å². The minimum absolute atomic E-state index is 0.0164. The lowest BCUT2D eigenvalue weighted by molar-refractivity contribution is -0.135. The number of hydrogen-bond acceptors (Lipinski definition) is 2. The third kappa shape index (κ3) is 3.16. The Hall–Kier alpha value is -0.860. The van der Waals surface area contributed by atoms with Gasteiger partial charge in [-0.25, -0.2) is 0 Å². The van der Waals surface area contributed by atoms with E-state index >= 15 is 0 Å². The Morgan fingerprint density at radius 1 is 1.36 bits per heavy atom. The van der Waals surface area contributed by atoms with Gasteiger partial charge in [0.15, 0.2) is 0 Å². The number of amides is 2. The van der Waals surface area contributed by atoms with Gasteiger partial charge in [-0.3, -0.25) is 14.9 Å². The first-order valence-electron chi connectivity index (χ1n) is 4.04. The van der Waals surface area contributed by atoms with Crippen molar-refractivity contribution in [1.29, 1.82) is 0 Å². The molecule has 1 aliphatic rings. The van der Waals surface area contributed by atoms with E-state index in [1.165, 1.54) is 0 Å². The average Bonchev–Trinajstić information content (AvgIpc) is 2.02. The number of carbonyl (C=O) groups excluding carboxylic acids is 2. The zero-order valence-corrected chi connectivity index (χ0v) is 7.31. The predicted molar refractivity (Wildman–Crippen MR) is 42.9 cm³/mol. The van der Waals surface area contributed by atoms with Crippen molar-refractivity contribution < 1.29 is 9.59 Å². The van der Waals surface area contributed by atoms with Gasteiger partial charge in [0.25, 0.3) is 0 Å². The van der Waals surface area contributed by atoms with Gasteiger partial charge in [0.05, 0.1) is 0 Å². The molecule has 1 saturated heterocycles. The number of nitrogens with one attached hydrogen (secondary N) is 1. The van der Waals surface area contributed by atoms with Gasteiger partial charge in [-0.1, -0.05) is 20.8 Å². The first-order valence-corrected chi connectivity index (χ1v) is 4.04. The monoisotopic (exact) mass is 157 g/mol. The minimum Gasteiger partial charge on any atom is -0.296 e. The van der Waals surface area contributed by atoms with E-state index in [1.54, 1.807) is 0 Å². The summed E-state index contributed by atoms with van der Waals surface area (Å²) < 4.78 is 0. The number of rotatable bonds is 0. The molecule has 3 heteroatoms. The number of hydrogen-bond donors (Lipinski definition) is 1. The summed E-state index contributed by atoms with van der Waals surface area (Å²) in [6, 6.07) is 0. The van der Waals surface area contributed by atoms with Gasteiger partial charge in [-0.15, -0.1) is 0 Å². The molecule has 0 aromatic heterocycles. The molecule has 0 aromatic carbocycles. The Labute approximate surface area is 67.2 Å². The maximum atomic E-state index is 10.7. The van der Waals surface area contributed by atoms with Crippen molar-refractivity contribution >= 4 is 11.8 Å². The van der Waals surface area contributed by atoms with Gasteiger partial charge in [-0.2, -0.15) is 0 Å². The Morgan fingerprint density at radius 3 is 2.27 bits per heavy atom. The molecule has 1 atom stereocenters. The van der Waals surface area contributed by atoms with Crippen molar-refractivity contribution in [1.82, 2.24) is 5.32 Å². The van der Waals surface area contributed by atoms with Crippen LogP contribution in [0.25, 0.3) is 0 Å². The van der Waals surface area contributed by atoms with E-state index in [4.69, 9.17) is 0 Å². The van der Waals surface area contributed by atoms with Crippen LogP contribution in [0.3, 0.4) is 0 Å².